The predicted octanol–water partition coefficient (Wildman–Crippen LogP) is 1.93. The van der Waals surface area contributed by atoms with Crippen molar-refractivity contribution in [3.8, 4) is 0 Å². The van der Waals surface area contributed by atoms with Crippen molar-refractivity contribution in [3.05, 3.63) is 17.4 Å². The van der Waals surface area contributed by atoms with E-state index in [0.29, 0.717) is 17.6 Å². The number of hydrogen-bond acceptors (Lipinski definition) is 4. The predicted molar refractivity (Wildman–Crippen MR) is 93.0 cm³/mol. The average molecular weight is 355 g/mol. The van der Waals surface area contributed by atoms with Gasteiger partial charge in [0.25, 0.3) is 0 Å². The Labute approximate surface area is 148 Å². The van der Waals surface area contributed by atoms with Crippen LogP contribution in [0.25, 0.3) is 0 Å². The zero-order valence-electron chi connectivity index (χ0n) is 14.1. The fourth-order valence-electron chi connectivity index (χ4n) is 3.63. The third-order valence-electron chi connectivity index (χ3n) is 5.07. The fraction of sp³-hybridized carbons (Fsp3) is 0.765. The van der Waals surface area contributed by atoms with E-state index in [1.54, 1.807) is 17.1 Å². The number of amides is 1. The number of nitrogens with zero attached hydrogens (tertiary/aromatic N) is 3. The summed E-state index contributed by atoms with van der Waals surface area (Å²) in [6.45, 7) is 5.30. The molecule has 0 bridgehead atoms. The summed E-state index contributed by atoms with van der Waals surface area (Å²) in [7, 11) is 0. The number of likely N-dealkylation sites (tertiary alicyclic amines) is 1. The molecular formula is C17H27ClN4O2. The molecule has 0 aromatic carbocycles. The van der Waals surface area contributed by atoms with Crippen LogP contribution in [0.1, 0.15) is 32.1 Å². The first-order valence-corrected chi connectivity index (χ1v) is 9.37. The number of halogens is 1. The molecule has 3 heterocycles. The Kier molecular flexibility index (Phi) is 6.51. The van der Waals surface area contributed by atoms with E-state index >= 15 is 0 Å². The van der Waals surface area contributed by atoms with E-state index in [4.69, 9.17) is 16.3 Å². The number of carbonyl (C=O) groups excluding carboxylic acids is 1. The van der Waals surface area contributed by atoms with Crippen molar-refractivity contribution < 1.29 is 9.53 Å². The Morgan fingerprint density at radius 1 is 1.29 bits per heavy atom. The van der Waals surface area contributed by atoms with E-state index in [0.717, 1.165) is 65.0 Å². The highest BCUT2D eigenvalue weighted by molar-refractivity contribution is 6.30. The molecule has 1 aromatic rings. The van der Waals surface area contributed by atoms with Crippen LogP contribution in [0, 0.1) is 5.92 Å². The normalized spacial score (nSPS) is 21.0. The summed E-state index contributed by atoms with van der Waals surface area (Å²) in [5.74, 6) is 0.375. The molecule has 2 aliphatic rings. The molecule has 2 saturated heterocycles. The van der Waals surface area contributed by atoms with Crippen molar-refractivity contribution in [3.63, 3.8) is 0 Å². The maximum absolute atomic E-state index is 12.3. The van der Waals surface area contributed by atoms with Gasteiger partial charge in [-0.05, 0) is 45.2 Å². The highest BCUT2D eigenvalue weighted by Gasteiger charge is 2.29. The summed E-state index contributed by atoms with van der Waals surface area (Å²) in [5.41, 5.74) is 0. The van der Waals surface area contributed by atoms with Crippen LogP contribution in [0.4, 0.5) is 0 Å². The Morgan fingerprint density at radius 2 is 2.04 bits per heavy atom. The van der Waals surface area contributed by atoms with E-state index in [1.165, 1.54) is 0 Å². The summed E-state index contributed by atoms with van der Waals surface area (Å²) in [5, 5.41) is 7.85. The van der Waals surface area contributed by atoms with Crippen LogP contribution in [0.2, 0.25) is 5.02 Å². The Balaban J connectivity index is 1.31. The number of piperidine rings is 1. The molecule has 0 atom stereocenters. The Hall–Kier alpha value is -1.11. The van der Waals surface area contributed by atoms with Gasteiger partial charge < -0.3 is 15.0 Å². The van der Waals surface area contributed by atoms with E-state index in [2.05, 4.69) is 15.3 Å². The SMILES string of the molecule is O=C(NCCCn1cc(Cl)cn1)C1CCN(C2CCOCC2)CC1. The molecular weight excluding hydrogens is 328 g/mol. The number of hydrogen-bond donors (Lipinski definition) is 1. The quantitative estimate of drug-likeness (QED) is 0.793. The van der Waals surface area contributed by atoms with Gasteiger partial charge >= 0.3 is 0 Å². The molecule has 0 spiro atoms. The lowest BCUT2D eigenvalue weighted by molar-refractivity contribution is -0.126. The van der Waals surface area contributed by atoms with Crippen molar-refractivity contribution in [1.82, 2.24) is 20.0 Å². The lowest BCUT2D eigenvalue weighted by atomic mass is 9.93. The molecule has 134 valence electrons. The molecule has 6 nitrogen and oxygen atoms in total. The number of aromatic nitrogens is 2. The van der Waals surface area contributed by atoms with E-state index in [9.17, 15) is 4.79 Å². The van der Waals surface area contributed by atoms with Gasteiger partial charge in [0.15, 0.2) is 0 Å². The van der Waals surface area contributed by atoms with Crippen LogP contribution in [-0.4, -0.2) is 59.5 Å². The maximum Gasteiger partial charge on any atom is 0.223 e. The summed E-state index contributed by atoms with van der Waals surface area (Å²) in [6, 6.07) is 0.656. The van der Waals surface area contributed by atoms with Crippen LogP contribution in [0.15, 0.2) is 12.4 Å². The molecule has 1 aromatic heterocycles. The number of rotatable bonds is 6. The number of aryl methyl sites for hydroxylation is 1. The fourth-order valence-corrected chi connectivity index (χ4v) is 3.79. The van der Waals surface area contributed by atoms with Crippen LogP contribution in [0.3, 0.4) is 0 Å². The number of ether oxygens (including phenoxy) is 1. The van der Waals surface area contributed by atoms with Crippen molar-refractivity contribution in [1.29, 1.82) is 0 Å². The molecule has 2 aliphatic heterocycles. The van der Waals surface area contributed by atoms with Gasteiger partial charge in [0.2, 0.25) is 5.91 Å². The average Bonchev–Trinajstić information content (AvgIpc) is 3.05. The van der Waals surface area contributed by atoms with Crippen molar-refractivity contribution in [2.45, 2.75) is 44.7 Å². The minimum Gasteiger partial charge on any atom is -0.381 e. The summed E-state index contributed by atoms with van der Waals surface area (Å²) in [6.07, 6.45) is 8.50. The lowest BCUT2D eigenvalue weighted by Gasteiger charge is -2.38. The smallest absolute Gasteiger partial charge is 0.223 e. The minimum absolute atomic E-state index is 0.167. The van der Waals surface area contributed by atoms with Crippen LogP contribution in [-0.2, 0) is 16.1 Å². The molecule has 0 radical (unpaired) electrons. The molecule has 7 heteroatoms. The van der Waals surface area contributed by atoms with Gasteiger partial charge in [0, 0.05) is 44.5 Å². The van der Waals surface area contributed by atoms with Gasteiger partial charge in [-0.25, -0.2) is 0 Å². The van der Waals surface area contributed by atoms with Gasteiger partial charge in [-0.3, -0.25) is 9.48 Å². The maximum atomic E-state index is 12.3. The van der Waals surface area contributed by atoms with Gasteiger partial charge in [-0.2, -0.15) is 5.10 Å². The highest BCUT2D eigenvalue weighted by Crippen LogP contribution is 2.23. The second-order valence-electron chi connectivity index (χ2n) is 6.72. The minimum atomic E-state index is 0.167. The third-order valence-corrected chi connectivity index (χ3v) is 5.27. The largest absolute Gasteiger partial charge is 0.381 e. The summed E-state index contributed by atoms with van der Waals surface area (Å²) < 4.78 is 7.24. The van der Waals surface area contributed by atoms with Gasteiger partial charge in [0.05, 0.1) is 11.2 Å². The van der Waals surface area contributed by atoms with Crippen molar-refractivity contribution >= 4 is 17.5 Å². The van der Waals surface area contributed by atoms with Gasteiger partial charge in [-0.1, -0.05) is 11.6 Å². The zero-order valence-corrected chi connectivity index (χ0v) is 14.9. The zero-order chi connectivity index (χ0) is 16.8. The topological polar surface area (TPSA) is 59.4 Å². The Morgan fingerprint density at radius 3 is 2.71 bits per heavy atom. The first-order valence-electron chi connectivity index (χ1n) is 9.00. The molecule has 0 aliphatic carbocycles. The monoisotopic (exact) mass is 354 g/mol. The van der Waals surface area contributed by atoms with E-state index in [1.807, 2.05) is 0 Å². The molecule has 2 fully saturated rings. The highest BCUT2D eigenvalue weighted by atomic mass is 35.5. The second kappa shape index (κ2) is 8.83. The first-order chi connectivity index (χ1) is 11.7. The molecule has 1 amide bonds. The van der Waals surface area contributed by atoms with Gasteiger partial charge in [0.1, 0.15) is 0 Å². The van der Waals surface area contributed by atoms with Crippen molar-refractivity contribution in [2.24, 2.45) is 5.92 Å². The van der Waals surface area contributed by atoms with Crippen LogP contribution >= 0.6 is 11.6 Å². The summed E-state index contributed by atoms with van der Waals surface area (Å²) in [4.78, 5) is 14.9. The van der Waals surface area contributed by atoms with E-state index in [-0.39, 0.29) is 11.8 Å². The Bertz CT molecular complexity index is 522. The van der Waals surface area contributed by atoms with E-state index < -0.39 is 0 Å². The third kappa shape index (κ3) is 4.94. The second-order valence-corrected chi connectivity index (χ2v) is 7.16. The standard InChI is InChI=1S/C17H27ClN4O2/c18-15-12-20-22(13-15)7-1-6-19-17(23)14-2-8-21(9-3-14)16-4-10-24-11-5-16/h12-14,16H,1-11H2,(H,19,23). The number of carbonyl (C=O) groups is 1. The lowest BCUT2D eigenvalue weighted by Crippen LogP contribution is -2.46. The molecule has 0 saturated carbocycles. The first kappa shape index (κ1) is 17.7. The molecule has 3 rings (SSSR count). The summed E-state index contributed by atoms with van der Waals surface area (Å²) >= 11 is 5.83. The van der Waals surface area contributed by atoms with Gasteiger partial charge in [-0.15, -0.1) is 0 Å². The molecule has 24 heavy (non-hydrogen) atoms. The molecule has 0 unspecified atom stereocenters. The molecule has 1 N–H and O–H groups in total. The van der Waals surface area contributed by atoms with Crippen LogP contribution in [0.5, 0.6) is 0 Å². The number of nitrogens with one attached hydrogen (secondary N) is 1. The van der Waals surface area contributed by atoms with Crippen molar-refractivity contribution in [2.75, 3.05) is 32.8 Å². The van der Waals surface area contributed by atoms with Crippen LogP contribution < -0.4 is 5.32 Å².